The number of halogens is 2. The van der Waals surface area contributed by atoms with Gasteiger partial charge in [0, 0.05) is 11.1 Å². The topological polar surface area (TPSA) is 18.5 Å². The second kappa shape index (κ2) is 7.39. The summed E-state index contributed by atoms with van der Waals surface area (Å²) < 4.78 is 11.2. The van der Waals surface area contributed by atoms with Gasteiger partial charge in [0.15, 0.2) is 11.5 Å². The van der Waals surface area contributed by atoms with E-state index in [-0.39, 0.29) is 5.38 Å². The van der Waals surface area contributed by atoms with E-state index in [0.717, 1.165) is 11.1 Å². The zero-order chi connectivity index (χ0) is 15.4. The predicted octanol–water partition coefficient (Wildman–Crippen LogP) is 5.84. The molecular weight excluding hydrogens is 327 g/mol. The lowest BCUT2D eigenvalue weighted by molar-refractivity contribution is 0.287. The summed E-state index contributed by atoms with van der Waals surface area (Å²) in [5.41, 5.74) is 3.09. The van der Waals surface area contributed by atoms with E-state index in [1.54, 1.807) is 17.4 Å². The van der Waals surface area contributed by atoms with Gasteiger partial charge in [0.2, 0.25) is 0 Å². The highest BCUT2D eigenvalue weighted by atomic mass is 35.5. The van der Waals surface area contributed by atoms with Gasteiger partial charge in [0.25, 0.3) is 0 Å². The summed E-state index contributed by atoms with van der Waals surface area (Å²) in [5.74, 6) is 1.33. The van der Waals surface area contributed by atoms with Crippen LogP contribution in [0.25, 0.3) is 0 Å². The van der Waals surface area contributed by atoms with Crippen molar-refractivity contribution in [2.45, 2.75) is 26.1 Å². The quantitative estimate of drug-likeness (QED) is 0.613. The average molecular weight is 345 g/mol. The van der Waals surface area contributed by atoms with Gasteiger partial charge in [-0.2, -0.15) is 11.3 Å². The SMILES string of the molecule is CCOc1cc(Cl)c(C(Cl)c2cscc2C)cc1OCC. The van der Waals surface area contributed by atoms with Gasteiger partial charge in [-0.3, -0.25) is 0 Å². The molecule has 5 heteroatoms. The van der Waals surface area contributed by atoms with Gasteiger partial charge >= 0.3 is 0 Å². The van der Waals surface area contributed by atoms with Gasteiger partial charge in [-0.15, -0.1) is 11.6 Å². The molecule has 0 amide bonds. The lowest BCUT2D eigenvalue weighted by atomic mass is 10.0. The number of ether oxygens (including phenoxy) is 2. The van der Waals surface area contributed by atoms with Crippen LogP contribution < -0.4 is 9.47 Å². The third-order valence-corrected chi connectivity index (χ3v) is 4.78. The van der Waals surface area contributed by atoms with E-state index in [9.17, 15) is 0 Å². The van der Waals surface area contributed by atoms with Crippen molar-refractivity contribution in [3.8, 4) is 11.5 Å². The molecule has 0 spiro atoms. The monoisotopic (exact) mass is 344 g/mol. The van der Waals surface area contributed by atoms with Gasteiger partial charge in [0.05, 0.1) is 18.6 Å². The van der Waals surface area contributed by atoms with Crippen LogP contribution in [-0.4, -0.2) is 13.2 Å². The molecule has 1 atom stereocenters. The summed E-state index contributed by atoms with van der Waals surface area (Å²) >= 11 is 14.6. The summed E-state index contributed by atoms with van der Waals surface area (Å²) in [6, 6.07) is 3.66. The molecular formula is C16H18Cl2O2S. The van der Waals surface area contributed by atoms with E-state index in [4.69, 9.17) is 32.7 Å². The fourth-order valence-corrected chi connectivity index (χ4v) is 3.77. The number of alkyl halides is 1. The molecule has 1 aromatic heterocycles. The summed E-state index contributed by atoms with van der Waals surface area (Å²) in [6.45, 7) is 7.03. The highest BCUT2D eigenvalue weighted by Crippen LogP contribution is 2.42. The third kappa shape index (κ3) is 3.65. The molecule has 0 aliphatic heterocycles. The fourth-order valence-electron chi connectivity index (χ4n) is 2.08. The Kier molecular flexibility index (Phi) is 5.80. The van der Waals surface area contributed by atoms with Gasteiger partial charge in [0.1, 0.15) is 0 Å². The van der Waals surface area contributed by atoms with Crippen LogP contribution >= 0.6 is 34.5 Å². The van der Waals surface area contributed by atoms with E-state index >= 15 is 0 Å². The number of hydrogen-bond donors (Lipinski definition) is 0. The maximum Gasteiger partial charge on any atom is 0.162 e. The van der Waals surface area contributed by atoms with Crippen LogP contribution in [0.1, 0.15) is 35.9 Å². The molecule has 0 saturated heterocycles. The van der Waals surface area contributed by atoms with Crippen molar-refractivity contribution >= 4 is 34.5 Å². The van der Waals surface area contributed by atoms with E-state index in [1.807, 2.05) is 26.8 Å². The van der Waals surface area contributed by atoms with Gasteiger partial charge in [-0.05, 0) is 54.3 Å². The molecule has 0 fully saturated rings. The minimum absolute atomic E-state index is 0.293. The lowest BCUT2D eigenvalue weighted by Crippen LogP contribution is -2.02. The second-order valence-corrected chi connectivity index (χ2v) is 6.15. The summed E-state index contributed by atoms with van der Waals surface area (Å²) in [7, 11) is 0. The molecule has 0 N–H and O–H groups in total. The lowest BCUT2D eigenvalue weighted by Gasteiger charge is -2.17. The Morgan fingerprint density at radius 3 is 2.19 bits per heavy atom. The first-order valence-corrected chi connectivity index (χ1v) is 8.60. The van der Waals surface area contributed by atoms with Crippen molar-refractivity contribution in [2.24, 2.45) is 0 Å². The maximum absolute atomic E-state index is 6.61. The highest BCUT2D eigenvalue weighted by Gasteiger charge is 2.20. The number of hydrogen-bond acceptors (Lipinski definition) is 3. The van der Waals surface area contributed by atoms with Crippen LogP contribution in [0.2, 0.25) is 5.02 Å². The summed E-state index contributed by atoms with van der Waals surface area (Å²) in [6.07, 6.45) is 0. The minimum atomic E-state index is -0.293. The normalized spacial score (nSPS) is 12.2. The number of benzene rings is 1. The van der Waals surface area contributed by atoms with Crippen molar-refractivity contribution < 1.29 is 9.47 Å². The molecule has 21 heavy (non-hydrogen) atoms. The molecule has 1 unspecified atom stereocenters. The second-order valence-electron chi connectivity index (χ2n) is 4.56. The zero-order valence-corrected chi connectivity index (χ0v) is 14.6. The van der Waals surface area contributed by atoms with E-state index in [2.05, 4.69) is 10.8 Å². The van der Waals surface area contributed by atoms with Gasteiger partial charge in [-0.1, -0.05) is 11.6 Å². The molecule has 0 aliphatic rings. The van der Waals surface area contributed by atoms with E-state index < -0.39 is 0 Å². The first kappa shape index (κ1) is 16.5. The van der Waals surface area contributed by atoms with E-state index in [0.29, 0.717) is 29.7 Å². The fraction of sp³-hybridized carbons (Fsp3) is 0.375. The zero-order valence-electron chi connectivity index (χ0n) is 12.3. The Balaban J connectivity index is 2.44. The Hall–Kier alpha value is -0.900. The Morgan fingerprint density at radius 1 is 1.05 bits per heavy atom. The molecule has 2 rings (SSSR count). The third-order valence-electron chi connectivity index (χ3n) is 3.10. The minimum Gasteiger partial charge on any atom is -0.490 e. The first-order chi connectivity index (χ1) is 10.1. The maximum atomic E-state index is 6.61. The number of thiophene rings is 1. The van der Waals surface area contributed by atoms with Crippen LogP contribution in [0, 0.1) is 6.92 Å². The molecule has 2 aromatic rings. The molecule has 1 heterocycles. The van der Waals surface area contributed by atoms with Crippen LogP contribution in [0.15, 0.2) is 22.9 Å². The van der Waals surface area contributed by atoms with E-state index in [1.165, 1.54) is 5.56 Å². The first-order valence-electron chi connectivity index (χ1n) is 6.84. The van der Waals surface area contributed by atoms with Crippen molar-refractivity contribution in [1.29, 1.82) is 0 Å². The van der Waals surface area contributed by atoms with Crippen LogP contribution in [0.4, 0.5) is 0 Å². The Bertz CT molecular complexity index is 610. The average Bonchev–Trinajstić information content (AvgIpc) is 2.87. The van der Waals surface area contributed by atoms with Crippen molar-refractivity contribution in [3.63, 3.8) is 0 Å². The van der Waals surface area contributed by atoms with Gasteiger partial charge in [-0.25, -0.2) is 0 Å². The number of aryl methyl sites for hydroxylation is 1. The Morgan fingerprint density at radius 2 is 1.67 bits per heavy atom. The largest absolute Gasteiger partial charge is 0.490 e. The standard InChI is InChI=1S/C16H18Cl2O2S/c1-4-19-14-6-11(13(17)7-15(14)20-5-2)16(18)12-9-21-8-10(12)3/h6-9,16H,4-5H2,1-3H3. The summed E-state index contributed by atoms with van der Waals surface area (Å²) in [4.78, 5) is 0. The van der Waals surface area contributed by atoms with Crippen LogP contribution in [0.3, 0.4) is 0 Å². The van der Waals surface area contributed by atoms with Crippen molar-refractivity contribution in [3.05, 3.63) is 44.6 Å². The molecule has 0 radical (unpaired) electrons. The van der Waals surface area contributed by atoms with Crippen LogP contribution in [0.5, 0.6) is 11.5 Å². The molecule has 2 nitrogen and oxygen atoms in total. The molecule has 114 valence electrons. The van der Waals surface area contributed by atoms with Crippen molar-refractivity contribution in [2.75, 3.05) is 13.2 Å². The summed E-state index contributed by atoms with van der Waals surface area (Å²) in [5, 5.41) is 4.43. The number of rotatable bonds is 6. The van der Waals surface area contributed by atoms with Crippen molar-refractivity contribution in [1.82, 2.24) is 0 Å². The smallest absolute Gasteiger partial charge is 0.162 e. The molecule has 0 bridgehead atoms. The van der Waals surface area contributed by atoms with Crippen LogP contribution in [-0.2, 0) is 0 Å². The molecule has 0 aliphatic carbocycles. The Labute approximate surface area is 139 Å². The van der Waals surface area contributed by atoms with Gasteiger partial charge < -0.3 is 9.47 Å². The predicted molar refractivity (Wildman–Crippen MR) is 90.5 cm³/mol. The molecule has 1 aromatic carbocycles. The highest BCUT2D eigenvalue weighted by molar-refractivity contribution is 7.08. The molecule has 0 saturated carbocycles.